The van der Waals surface area contributed by atoms with Gasteiger partial charge in [0.25, 0.3) is 0 Å². The summed E-state index contributed by atoms with van der Waals surface area (Å²) in [6.45, 7) is 4.36. The van der Waals surface area contributed by atoms with Crippen LogP contribution in [0.3, 0.4) is 0 Å². The van der Waals surface area contributed by atoms with Crippen LogP contribution in [0.5, 0.6) is 5.75 Å². The molecule has 1 atom stereocenters. The van der Waals surface area contributed by atoms with Crippen molar-refractivity contribution in [3.63, 3.8) is 0 Å². The first-order valence-corrected chi connectivity index (χ1v) is 20.4. The van der Waals surface area contributed by atoms with Crippen molar-refractivity contribution < 1.29 is 14.7 Å². The number of phenolic OH excluding ortho intramolecular Hbond substituents is 1. The van der Waals surface area contributed by atoms with E-state index >= 15 is 0 Å². The number of hydrogen-bond acceptors (Lipinski definition) is 12. The van der Waals surface area contributed by atoms with E-state index < -0.39 is 6.04 Å². The molecular weight excluding hydrogens is 745 g/mol. The van der Waals surface area contributed by atoms with Crippen LogP contribution in [-0.4, -0.2) is 94.0 Å². The van der Waals surface area contributed by atoms with Crippen LogP contribution in [0.1, 0.15) is 61.7 Å². The zero-order valence-corrected chi connectivity index (χ0v) is 32.5. The van der Waals surface area contributed by atoms with E-state index in [0.29, 0.717) is 35.4 Å². The second-order valence-electron chi connectivity index (χ2n) is 15.7. The first-order chi connectivity index (χ1) is 28.9. The molecule has 298 valence electrons. The Bertz CT molecular complexity index is 2770. The predicted octanol–water partition coefficient (Wildman–Crippen LogP) is 5.62. The summed E-state index contributed by atoms with van der Waals surface area (Å²) in [6, 6.07) is 18.9. The quantitative estimate of drug-likeness (QED) is 0.154. The molecule has 0 spiro atoms. The van der Waals surface area contributed by atoms with Gasteiger partial charge in [0.15, 0.2) is 11.3 Å². The highest BCUT2D eigenvalue weighted by Gasteiger charge is 2.31. The summed E-state index contributed by atoms with van der Waals surface area (Å²) in [6.07, 6.45) is 13.3. The van der Waals surface area contributed by atoms with Crippen molar-refractivity contribution in [2.45, 2.75) is 57.0 Å². The van der Waals surface area contributed by atoms with Gasteiger partial charge in [0.1, 0.15) is 17.4 Å². The number of rotatable bonds is 9. The second kappa shape index (κ2) is 15.2. The molecule has 3 aliphatic heterocycles. The highest BCUT2D eigenvalue weighted by Crippen LogP contribution is 2.36. The number of aromatic nitrogens is 8. The summed E-state index contributed by atoms with van der Waals surface area (Å²) in [7, 11) is 0. The van der Waals surface area contributed by atoms with E-state index in [1.807, 2.05) is 64.2 Å². The molecule has 5 aromatic heterocycles. The summed E-state index contributed by atoms with van der Waals surface area (Å²) < 4.78 is 3.99. The SMILES string of the molecule is Nc1nn(C2CCN(c3ncc(C4=CCN(CCCc5ccnc6c5c5ccccc5n6C5CCC(=O)NC5=O)CC4)cn3)CC2)c2cc(-c3ccccc3O)nnc12. The number of carbonyl (C=O) groups is 2. The maximum atomic E-state index is 12.9. The van der Waals surface area contributed by atoms with Crippen LogP contribution in [0.4, 0.5) is 11.8 Å². The highest BCUT2D eigenvalue weighted by atomic mass is 16.3. The smallest absolute Gasteiger partial charge is 0.249 e. The van der Waals surface area contributed by atoms with E-state index in [0.717, 1.165) is 104 Å². The lowest BCUT2D eigenvalue weighted by Crippen LogP contribution is -2.41. The molecule has 1 unspecified atom stereocenters. The van der Waals surface area contributed by atoms with Gasteiger partial charge in [-0.3, -0.25) is 24.5 Å². The molecule has 0 aliphatic carbocycles. The first kappa shape index (κ1) is 36.6. The summed E-state index contributed by atoms with van der Waals surface area (Å²) in [4.78, 5) is 43.9. The normalized spacial score (nSPS) is 18.2. The van der Waals surface area contributed by atoms with E-state index in [-0.39, 0.29) is 23.6 Å². The number of anilines is 2. The number of aromatic hydroxyl groups is 1. The molecule has 4 N–H and O–H groups in total. The molecule has 0 saturated carbocycles. The minimum atomic E-state index is -0.466. The van der Waals surface area contributed by atoms with Crippen molar-refractivity contribution in [2.75, 3.05) is 43.4 Å². The zero-order valence-electron chi connectivity index (χ0n) is 32.5. The number of para-hydroxylation sites is 2. The van der Waals surface area contributed by atoms with Crippen molar-refractivity contribution in [2.24, 2.45) is 0 Å². The third kappa shape index (κ3) is 6.80. The molecule has 0 radical (unpaired) electrons. The van der Waals surface area contributed by atoms with Crippen LogP contribution in [0.15, 0.2) is 85.3 Å². The molecule has 0 bridgehead atoms. The Morgan fingerprint density at radius 3 is 2.49 bits per heavy atom. The summed E-state index contributed by atoms with van der Waals surface area (Å²) in [5, 5.41) is 28.4. The van der Waals surface area contributed by atoms with Gasteiger partial charge in [-0.25, -0.2) is 15.0 Å². The van der Waals surface area contributed by atoms with Gasteiger partial charge in [0.2, 0.25) is 17.8 Å². The maximum Gasteiger partial charge on any atom is 0.249 e. The number of nitrogen functional groups attached to an aromatic ring is 1. The molecule has 59 heavy (non-hydrogen) atoms. The van der Waals surface area contributed by atoms with E-state index in [1.165, 1.54) is 11.1 Å². The summed E-state index contributed by atoms with van der Waals surface area (Å²) in [5.74, 6) is 0.737. The van der Waals surface area contributed by atoms with E-state index in [1.54, 1.807) is 12.1 Å². The van der Waals surface area contributed by atoms with Crippen molar-refractivity contribution in [1.82, 2.24) is 49.7 Å². The van der Waals surface area contributed by atoms with Crippen molar-refractivity contribution in [1.29, 1.82) is 0 Å². The molecule has 8 heterocycles. The molecular formula is C44H44N12O3. The van der Waals surface area contributed by atoms with Gasteiger partial charge < -0.3 is 20.3 Å². The number of aryl methyl sites for hydroxylation is 1. The number of hydrogen-bond donors (Lipinski definition) is 3. The lowest BCUT2D eigenvalue weighted by Gasteiger charge is -2.32. The number of pyridine rings is 1. The van der Waals surface area contributed by atoms with Crippen LogP contribution in [0, 0.1) is 0 Å². The van der Waals surface area contributed by atoms with Crippen LogP contribution in [0.2, 0.25) is 0 Å². The lowest BCUT2D eigenvalue weighted by molar-refractivity contribution is -0.135. The Balaban J connectivity index is 0.757. The third-order valence-corrected chi connectivity index (χ3v) is 12.2. The van der Waals surface area contributed by atoms with E-state index in [4.69, 9.17) is 20.7 Å². The largest absolute Gasteiger partial charge is 0.507 e. The number of nitrogens with one attached hydrogen (secondary N) is 1. The van der Waals surface area contributed by atoms with E-state index in [9.17, 15) is 14.7 Å². The fourth-order valence-electron chi connectivity index (χ4n) is 9.11. The number of nitrogens with zero attached hydrogens (tertiary/aromatic N) is 10. The van der Waals surface area contributed by atoms with Crippen LogP contribution in [-0.2, 0) is 16.0 Å². The van der Waals surface area contributed by atoms with Gasteiger partial charge in [0.05, 0.1) is 22.8 Å². The topological polar surface area (TPSA) is 186 Å². The fourth-order valence-corrected chi connectivity index (χ4v) is 9.11. The molecule has 2 aromatic carbocycles. The lowest BCUT2D eigenvalue weighted by atomic mass is 10.0. The Hall–Kier alpha value is -6.74. The Morgan fingerprint density at radius 1 is 0.881 bits per heavy atom. The van der Waals surface area contributed by atoms with Gasteiger partial charge in [-0.05, 0) is 86.5 Å². The Morgan fingerprint density at radius 2 is 1.69 bits per heavy atom. The number of imide groups is 1. The standard InChI is InChI=1S/C44H44N12O3/c45-41-40-36(24-33(50-51-40)31-7-2-4-10-37(31)57)56(52-41)30-16-22-54(23-17-30)44-47-25-29(26-48-44)27-14-20-53(21-15-27)19-5-6-28-13-18-46-42-39(28)32-8-1-3-9-34(32)55(42)35-11-12-38(58)49-43(35)59/h1-4,7-10,13-14,18,24-26,30,35,57H,5-6,11-12,15-17,19-23H2,(H2,45,52)(H,49,58,59). The van der Waals surface area contributed by atoms with Crippen molar-refractivity contribution in [3.8, 4) is 17.0 Å². The minimum Gasteiger partial charge on any atom is -0.507 e. The maximum absolute atomic E-state index is 12.9. The minimum absolute atomic E-state index is 0.125. The Kier molecular flexibility index (Phi) is 9.43. The molecule has 2 fully saturated rings. The zero-order chi connectivity index (χ0) is 40.0. The number of phenols is 1. The fraction of sp³-hybridized carbons (Fsp3) is 0.318. The summed E-state index contributed by atoms with van der Waals surface area (Å²) >= 11 is 0. The summed E-state index contributed by atoms with van der Waals surface area (Å²) in [5.41, 5.74) is 14.1. The van der Waals surface area contributed by atoms with Crippen LogP contribution < -0.4 is 16.0 Å². The predicted molar refractivity (Wildman–Crippen MR) is 225 cm³/mol. The average molecular weight is 789 g/mol. The van der Waals surface area contributed by atoms with Gasteiger partial charge >= 0.3 is 0 Å². The number of carbonyl (C=O) groups excluding carboxylic acids is 2. The molecule has 2 saturated heterocycles. The molecule has 7 aromatic rings. The van der Waals surface area contributed by atoms with Crippen molar-refractivity contribution in [3.05, 3.63) is 96.5 Å². The van der Waals surface area contributed by atoms with Gasteiger partial charge in [-0.15, -0.1) is 10.2 Å². The third-order valence-electron chi connectivity index (χ3n) is 12.2. The Labute approximate surface area is 339 Å². The van der Waals surface area contributed by atoms with Crippen LogP contribution >= 0.6 is 0 Å². The molecule has 10 rings (SSSR count). The first-order valence-electron chi connectivity index (χ1n) is 20.4. The number of nitrogens with two attached hydrogens (primary N) is 1. The molecule has 15 nitrogen and oxygen atoms in total. The molecule has 15 heteroatoms. The number of fused-ring (bicyclic) bond motifs is 4. The number of benzene rings is 2. The van der Waals surface area contributed by atoms with Gasteiger partial charge in [-0.1, -0.05) is 36.4 Å². The average Bonchev–Trinajstić information content (AvgIpc) is 3.78. The van der Waals surface area contributed by atoms with Gasteiger partial charge in [0, 0.05) is 73.1 Å². The molecule has 2 amide bonds. The van der Waals surface area contributed by atoms with Gasteiger partial charge in [-0.2, -0.15) is 5.10 Å². The second-order valence-corrected chi connectivity index (χ2v) is 15.7. The monoisotopic (exact) mass is 788 g/mol. The number of piperidine rings is 2. The van der Waals surface area contributed by atoms with Crippen molar-refractivity contribution >= 4 is 62.1 Å². The number of amides is 2. The van der Waals surface area contributed by atoms with E-state index in [2.05, 4.69) is 48.6 Å². The molecule has 3 aliphatic rings. The van der Waals surface area contributed by atoms with Crippen LogP contribution in [0.25, 0.3) is 49.8 Å². The highest BCUT2D eigenvalue weighted by molar-refractivity contribution is 6.10.